The summed E-state index contributed by atoms with van der Waals surface area (Å²) in [6.07, 6.45) is 2.99. The van der Waals surface area contributed by atoms with Crippen molar-refractivity contribution in [3.63, 3.8) is 0 Å². The van der Waals surface area contributed by atoms with Crippen LogP contribution >= 0.6 is 28.3 Å². The summed E-state index contributed by atoms with van der Waals surface area (Å²) in [4.78, 5) is 0. The highest BCUT2D eigenvalue weighted by molar-refractivity contribution is 9.10. The van der Waals surface area contributed by atoms with Crippen molar-refractivity contribution in [2.75, 3.05) is 6.61 Å². The molecule has 25 heavy (non-hydrogen) atoms. The van der Waals surface area contributed by atoms with Crippen LogP contribution in [0, 0.1) is 0 Å². The minimum absolute atomic E-state index is 0. The highest BCUT2D eigenvalue weighted by atomic mass is 79.9. The number of halogens is 2. The Balaban J connectivity index is 0.00000312. The van der Waals surface area contributed by atoms with E-state index in [1.54, 1.807) is 4.68 Å². The normalized spacial score (nSPS) is 11.8. The van der Waals surface area contributed by atoms with Crippen LogP contribution in [0.1, 0.15) is 36.7 Å². The van der Waals surface area contributed by atoms with E-state index in [9.17, 15) is 0 Å². The molecule has 1 atom stereocenters. The number of unbranched alkanes of at least 4 members (excludes halogenated alkanes) is 1. The third-order valence-electron chi connectivity index (χ3n) is 3.59. The van der Waals surface area contributed by atoms with Gasteiger partial charge in [0.2, 0.25) is 0 Å². The second-order valence-corrected chi connectivity index (χ2v) is 6.35. The molecule has 0 saturated carbocycles. The zero-order valence-corrected chi connectivity index (χ0v) is 16.1. The summed E-state index contributed by atoms with van der Waals surface area (Å²) in [5.74, 6) is 0.662. The predicted octanol–water partition coefficient (Wildman–Crippen LogP) is 1.26. The van der Waals surface area contributed by atoms with E-state index >= 15 is 0 Å². The largest absolute Gasteiger partial charge is 0.633 e. The lowest BCUT2D eigenvalue weighted by Crippen LogP contribution is -2.19. The average Bonchev–Trinajstić information content (AvgIpc) is 3.02. The highest BCUT2D eigenvalue weighted by Gasteiger charge is 2.15. The molecule has 2 rings (SSSR count). The molecular formula is C14H22BBrClN5O3. The quantitative estimate of drug-likeness (QED) is 0.380. The van der Waals surface area contributed by atoms with Gasteiger partial charge in [-0.1, -0.05) is 28.1 Å². The van der Waals surface area contributed by atoms with Crippen LogP contribution in [0.3, 0.4) is 0 Å². The van der Waals surface area contributed by atoms with Gasteiger partial charge in [0.15, 0.2) is 5.82 Å². The van der Waals surface area contributed by atoms with Crippen LogP contribution < -0.4 is 5.73 Å². The number of rotatable bonds is 10. The Kier molecular flexibility index (Phi) is 10.2. The predicted molar refractivity (Wildman–Crippen MR) is 99.8 cm³/mol. The van der Waals surface area contributed by atoms with Gasteiger partial charge in [0.05, 0.1) is 6.04 Å². The molecule has 0 radical (unpaired) electrons. The van der Waals surface area contributed by atoms with Gasteiger partial charge in [-0.15, -0.1) is 17.5 Å². The smallest absolute Gasteiger partial charge is 0.402 e. The molecule has 1 aromatic heterocycles. The van der Waals surface area contributed by atoms with Crippen molar-refractivity contribution >= 4 is 35.7 Å². The molecule has 1 heterocycles. The average molecular weight is 435 g/mol. The maximum atomic E-state index is 8.59. The SMILES string of the molecule is Cl.NC(CCCCOB(O)O)c1nnnn1CCc1ccc(Br)cc1. The number of tetrazole rings is 1. The summed E-state index contributed by atoms with van der Waals surface area (Å²) in [6.45, 7) is 0.941. The van der Waals surface area contributed by atoms with Gasteiger partial charge < -0.3 is 20.4 Å². The molecular weight excluding hydrogens is 412 g/mol. The molecule has 4 N–H and O–H groups in total. The Hall–Kier alpha value is -1.04. The van der Waals surface area contributed by atoms with E-state index in [0.717, 1.165) is 17.3 Å². The number of nitrogens with two attached hydrogens (primary N) is 1. The minimum atomic E-state index is -1.72. The molecule has 0 aliphatic rings. The Morgan fingerprint density at radius 1 is 1.24 bits per heavy atom. The molecule has 2 aromatic rings. The van der Waals surface area contributed by atoms with Crippen LogP contribution in [0.15, 0.2) is 28.7 Å². The second kappa shape index (κ2) is 11.6. The molecule has 11 heteroatoms. The molecule has 8 nitrogen and oxygen atoms in total. The number of benzene rings is 1. The van der Waals surface area contributed by atoms with E-state index in [2.05, 4.69) is 48.2 Å². The van der Waals surface area contributed by atoms with Gasteiger partial charge in [-0.2, -0.15) is 0 Å². The van der Waals surface area contributed by atoms with Crippen molar-refractivity contribution < 1.29 is 14.7 Å². The summed E-state index contributed by atoms with van der Waals surface area (Å²) in [5, 5.41) is 28.9. The summed E-state index contributed by atoms with van der Waals surface area (Å²) in [5.41, 5.74) is 7.36. The van der Waals surface area contributed by atoms with E-state index in [4.69, 9.17) is 15.8 Å². The van der Waals surface area contributed by atoms with Crippen LogP contribution in [-0.2, 0) is 17.6 Å². The van der Waals surface area contributed by atoms with E-state index in [1.165, 1.54) is 5.56 Å². The van der Waals surface area contributed by atoms with Gasteiger partial charge in [0.25, 0.3) is 0 Å². The number of aromatic nitrogens is 4. The first kappa shape index (κ1) is 22.0. The Morgan fingerprint density at radius 3 is 2.64 bits per heavy atom. The fourth-order valence-corrected chi connectivity index (χ4v) is 2.57. The monoisotopic (exact) mass is 433 g/mol. The topological polar surface area (TPSA) is 119 Å². The standard InChI is InChI=1S/C14H21BBrN5O3.ClH/c16-12-6-4-11(5-7-12)8-9-21-14(18-19-20-21)13(17)3-1-2-10-24-15(22)23;/h4-7,13,22-23H,1-3,8-10,17H2;1H. The van der Waals surface area contributed by atoms with Crippen LogP contribution in [0.2, 0.25) is 0 Å². The van der Waals surface area contributed by atoms with Gasteiger partial charge >= 0.3 is 7.32 Å². The van der Waals surface area contributed by atoms with Crippen LogP contribution in [-0.4, -0.2) is 44.2 Å². The molecule has 0 spiro atoms. The molecule has 0 aliphatic heterocycles. The van der Waals surface area contributed by atoms with Gasteiger partial charge in [-0.3, -0.25) is 0 Å². The zero-order valence-electron chi connectivity index (χ0n) is 13.7. The first-order valence-electron chi connectivity index (χ1n) is 7.80. The second-order valence-electron chi connectivity index (χ2n) is 5.44. The van der Waals surface area contributed by atoms with E-state index < -0.39 is 7.32 Å². The molecule has 0 amide bonds. The number of aryl methyl sites for hydroxylation is 2. The lowest BCUT2D eigenvalue weighted by atomic mass is 10.1. The molecule has 0 bridgehead atoms. The number of nitrogens with zero attached hydrogens (tertiary/aromatic N) is 4. The van der Waals surface area contributed by atoms with E-state index in [1.807, 2.05) is 12.1 Å². The Labute approximate surface area is 161 Å². The summed E-state index contributed by atoms with van der Waals surface area (Å²) in [7, 11) is -1.72. The third kappa shape index (κ3) is 7.80. The first-order valence-corrected chi connectivity index (χ1v) is 8.59. The summed E-state index contributed by atoms with van der Waals surface area (Å²) in [6, 6.07) is 7.87. The lowest BCUT2D eigenvalue weighted by Gasteiger charge is -2.12. The fourth-order valence-electron chi connectivity index (χ4n) is 2.31. The van der Waals surface area contributed by atoms with Crippen molar-refractivity contribution in [2.45, 2.75) is 38.3 Å². The summed E-state index contributed by atoms with van der Waals surface area (Å²) >= 11 is 3.42. The van der Waals surface area contributed by atoms with Gasteiger partial charge in [-0.05, 0) is 53.8 Å². The molecule has 0 saturated heterocycles. The third-order valence-corrected chi connectivity index (χ3v) is 4.12. The fraction of sp³-hybridized carbons (Fsp3) is 0.500. The Bertz CT molecular complexity index is 617. The number of hydrogen-bond donors (Lipinski definition) is 3. The van der Waals surface area contributed by atoms with Gasteiger partial charge in [0, 0.05) is 17.6 Å². The van der Waals surface area contributed by atoms with Crippen LogP contribution in [0.25, 0.3) is 0 Å². The van der Waals surface area contributed by atoms with Crippen molar-refractivity contribution in [2.24, 2.45) is 5.73 Å². The van der Waals surface area contributed by atoms with Crippen molar-refractivity contribution in [1.82, 2.24) is 20.2 Å². The van der Waals surface area contributed by atoms with E-state index in [0.29, 0.717) is 25.2 Å². The van der Waals surface area contributed by atoms with Crippen LogP contribution in [0.4, 0.5) is 0 Å². The molecule has 0 aliphatic carbocycles. The lowest BCUT2D eigenvalue weighted by molar-refractivity contribution is 0.181. The summed E-state index contributed by atoms with van der Waals surface area (Å²) < 4.78 is 7.44. The molecule has 0 fully saturated rings. The zero-order chi connectivity index (χ0) is 17.4. The highest BCUT2D eigenvalue weighted by Crippen LogP contribution is 2.15. The van der Waals surface area contributed by atoms with Crippen LogP contribution in [0.5, 0.6) is 0 Å². The maximum Gasteiger partial charge on any atom is 0.633 e. The maximum absolute atomic E-state index is 8.59. The first-order chi connectivity index (χ1) is 11.6. The van der Waals surface area contributed by atoms with Crippen molar-refractivity contribution in [3.05, 3.63) is 40.1 Å². The number of hydrogen-bond acceptors (Lipinski definition) is 7. The molecule has 1 aromatic carbocycles. The minimum Gasteiger partial charge on any atom is -0.402 e. The molecule has 1 unspecified atom stereocenters. The van der Waals surface area contributed by atoms with Gasteiger partial charge in [-0.25, -0.2) is 4.68 Å². The molecule has 138 valence electrons. The Morgan fingerprint density at radius 2 is 1.96 bits per heavy atom. The van der Waals surface area contributed by atoms with Crippen molar-refractivity contribution in [3.8, 4) is 0 Å². The van der Waals surface area contributed by atoms with Gasteiger partial charge in [0.1, 0.15) is 0 Å². The van der Waals surface area contributed by atoms with E-state index in [-0.39, 0.29) is 25.1 Å². The van der Waals surface area contributed by atoms with Crippen molar-refractivity contribution in [1.29, 1.82) is 0 Å².